The highest BCUT2D eigenvalue weighted by Gasteiger charge is 2.15. The normalized spacial score (nSPS) is 12.0. The molecule has 0 heterocycles. The predicted molar refractivity (Wildman–Crippen MR) is 87.6 cm³/mol. The topological polar surface area (TPSA) is 30.5 Å². The Hall–Kier alpha value is -1.65. The van der Waals surface area contributed by atoms with Gasteiger partial charge in [0.15, 0.2) is 0 Å². The Morgan fingerprint density at radius 3 is 2.48 bits per heavy atom. The maximum atomic E-state index is 5.51. The number of rotatable bonds is 6. The fourth-order valence-electron chi connectivity index (χ4n) is 2.15. The van der Waals surface area contributed by atoms with E-state index in [2.05, 4.69) is 24.4 Å². The molecule has 0 saturated heterocycles. The SMILES string of the molecule is CNC(C)c1c(OC)cccc1Sc1cccc(OC)c1. The summed E-state index contributed by atoms with van der Waals surface area (Å²) in [4.78, 5) is 2.33. The summed E-state index contributed by atoms with van der Waals surface area (Å²) >= 11 is 1.72. The van der Waals surface area contributed by atoms with Crippen molar-refractivity contribution in [3.8, 4) is 11.5 Å². The average Bonchev–Trinajstić information content (AvgIpc) is 2.54. The van der Waals surface area contributed by atoms with E-state index in [0.717, 1.165) is 16.4 Å². The Balaban J connectivity index is 2.38. The number of hydrogen-bond acceptors (Lipinski definition) is 4. The molecule has 2 aromatic carbocycles. The second-order valence-corrected chi connectivity index (χ2v) is 5.78. The first kappa shape index (κ1) is 15.7. The summed E-state index contributed by atoms with van der Waals surface area (Å²) < 4.78 is 10.8. The van der Waals surface area contributed by atoms with Gasteiger partial charge in [-0.3, -0.25) is 0 Å². The minimum Gasteiger partial charge on any atom is -0.497 e. The molecule has 1 atom stereocenters. The highest BCUT2D eigenvalue weighted by molar-refractivity contribution is 7.99. The lowest BCUT2D eigenvalue weighted by atomic mass is 10.1. The minimum atomic E-state index is 0.217. The van der Waals surface area contributed by atoms with Gasteiger partial charge in [-0.25, -0.2) is 0 Å². The van der Waals surface area contributed by atoms with E-state index in [1.54, 1.807) is 26.0 Å². The van der Waals surface area contributed by atoms with E-state index in [0.29, 0.717) is 0 Å². The zero-order valence-electron chi connectivity index (χ0n) is 12.8. The fourth-order valence-corrected chi connectivity index (χ4v) is 3.26. The van der Waals surface area contributed by atoms with Crippen LogP contribution in [-0.4, -0.2) is 21.3 Å². The van der Waals surface area contributed by atoms with Crippen LogP contribution in [0.15, 0.2) is 52.3 Å². The van der Waals surface area contributed by atoms with Gasteiger partial charge in [0.25, 0.3) is 0 Å². The van der Waals surface area contributed by atoms with Crippen LogP contribution in [0.2, 0.25) is 0 Å². The van der Waals surface area contributed by atoms with Crippen LogP contribution in [0, 0.1) is 0 Å². The second kappa shape index (κ2) is 7.38. The number of ether oxygens (including phenoxy) is 2. The summed E-state index contributed by atoms with van der Waals surface area (Å²) in [7, 11) is 5.35. The molecule has 1 unspecified atom stereocenters. The molecule has 0 aliphatic rings. The van der Waals surface area contributed by atoms with Gasteiger partial charge in [0.1, 0.15) is 11.5 Å². The van der Waals surface area contributed by atoms with E-state index < -0.39 is 0 Å². The van der Waals surface area contributed by atoms with Gasteiger partial charge in [-0.05, 0) is 44.3 Å². The molecular formula is C17H21NO2S. The van der Waals surface area contributed by atoms with E-state index in [-0.39, 0.29) is 6.04 Å². The van der Waals surface area contributed by atoms with E-state index in [1.165, 1.54) is 10.5 Å². The van der Waals surface area contributed by atoms with Crippen LogP contribution in [0.1, 0.15) is 18.5 Å². The Kier molecular flexibility index (Phi) is 5.53. The lowest BCUT2D eigenvalue weighted by Gasteiger charge is -2.19. The Labute approximate surface area is 130 Å². The Morgan fingerprint density at radius 1 is 1.05 bits per heavy atom. The Bertz CT molecular complexity index is 601. The fraction of sp³-hybridized carbons (Fsp3) is 0.294. The van der Waals surface area contributed by atoms with E-state index in [1.807, 2.05) is 37.4 Å². The predicted octanol–water partition coefficient (Wildman–Crippen LogP) is 4.14. The summed E-state index contributed by atoms with van der Waals surface area (Å²) in [6, 6.07) is 14.4. The highest BCUT2D eigenvalue weighted by atomic mass is 32.2. The molecule has 0 aliphatic heterocycles. The molecule has 112 valence electrons. The number of nitrogens with one attached hydrogen (secondary N) is 1. The van der Waals surface area contributed by atoms with Crippen molar-refractivity contribution < 1.29 is 9.47 Å². The molecule has 21 heavy (non-hydrogen) atoms. The molecule has 0 radical (unpaired) electrons. The average molecular weight is 303 g/mol. The highest BCUT2D eigenvalue weighted by Crippen LogP contribution is 2.38. The summed E-state index contributed by atoms with van der Waals surface area (Å²) in [5.74, 6) is 1.77. The van der Waals surface area contributed by atoms with Crippen molar-refractivity contribution in [1.29, 1.82) is 0 Å². The van der Waals surface area contributed by atoms with Gasteiger partial charge in [-0.2, -0.15) is 0 Å². The largest absolute Gasteiger partial charge is 0.497 e. The molecule has 1 N–H and O–H groups in total. The quantitative estimate of drug-likeness (QED) is 0.869. The van der Waals surface area contributed by atoms with E-state index in [4.69, 9.17) is 9.47 Å². The molecule has 2 aromatic rings. The van der Waals surface area contributed by atoms with Crippen molar-refractivity contribution in [3.05, 3.63) is 48.0 Å². The van der Waals surface area contributed by atoms with Gasteiger partial charge < -0.3 is 14.8 Å². The Morgan fingerprint density at radius 2 is 1.81 bits per heavy atom. The summed E-state index contributed by atoms with van der Waals surface area (Å²) in [5.41, 5.74) is 1.18. The first-order chi connectivity index (χ1) is 10.2. The van der Waals surface area contributed by atoms with E-state index >= 15 is 0 Å². The molecule has 2 rings (SSSR count). The molecule has 0 saturated carbocycles. The first-order valence-corrected chi connectivity index (χ1v) is 7.67. The smallest absolute Gasteiger partial charge is 0.124 e. The van der Waals surface area contributed by atoms with Crippen molar-refractivity contribution in [2.45, 2.75) is 22.8 Å². The maximum Gasteiger partial charge on any atom is 0.124 e. The van der Waals surface area contributed by atoms with Crippen molar-refractivity contribution in [3.63, 3.8) is 0 Å². The summed E-state index contributed by atoms with van der Waals surface area (Å²) in [5, 5.41) is 3.29. The zero-order chi connectivity index (χ0) is 15.2. The van der Waals surface area contributed by atoms with Crippen molar-refractivity contribution >= 4 is 11.8 Å². The lowest BCUT2D eigenvalue weighted by molar-refractivity contribution is 0.401. The van der Waals surface area contributed by atoms with Crippen molar-refractivity contribution in [1.82, 2.24) is 5.32 Å². The van der Waals surface area contributed by atoms with Crippen LogP contribution in [-0.2, 0) is 0 Å². The van der Waals surface area contributed by atoms with Crippen molar-refractivity contribution in [2.75, 3.05) is 21.3 Å². The third-order valence-corrected chi connectivity index (χ3v) is 4.45. The van der Waals surface area contributed by atoms with E-state index in [9.17, 15) is 0 Å². The van der Waals surface area contributed by atoms with Crippen LogP contribution in [0.4, 0.5) is 0 Å². The number of methoxy groups -OCH3 is 2. The third kappa shape index (κ3) is 3.71. The summed E-state index contributed by atoms with van der Waals surface area (Å²) in [6.07, 6.45) is 0. The van der Waals surface area contributed by atoms with Crippen molar-refractivity contribution in [2.24, 2.45) is 0 Å². The van der Waals surface area contributed by atoms with Crippen LogP contribution >= 0.6 is 11.8 Å². The molecule has 0 fully saturated rings. The minimum absolute atomic E-state index is 0.217. The van der Waals surface area contributed by atoms with Gasteiger partial charge in [-0.15, -0.1) is 0 Å². The van der Waals surface area contributed by atoms with Gasteiger partial charge >= 0.3 is 0 Å². The van der Waals surface area contributed by atoms with Gasteiger partial charge in [0, 0.05) is 21.4 Å². The zero-order valence-corrected chi connectivity index (χ0v) is 13.7. The van der Waals surface area contributed by atoms with Crippen LogP contribution in [0.25, 0.3) is 0 Å². The first-order valence-electron chi connectivity index (χ1n) is 6.85. The van der Waals surface area contributed by atoms with Crippen LogP contribution < -0.4 is 14.8 Å². The van der Waals surface area contributed by atoms with Crippen LogP contribution in [0.5, 0.6) is 11.5 Å². The standard InChI is InChI=1S/C17H21NO2S/c1-12(18-2)17-15(20-4)9-6-10-16(17)21-14-8-5-7-13(11-14)19-3/h5-12,18H,1-4H3. The molecule has 4 heteroatoms. The molecule has 0 aliphatic carbocycles. The number of hydrogen-bond donors (Lipinski definition) is 1. The maximum absolute atomic E-state index is 5.51. The second-order valence-electron chi connectivity index (χ2n) is 4.66. The van der Waals surface area contributed by atoms with Gasteiger partial charge in [0.05, 0.1) is 14.2 Å². The molecule has 0 amide bonds. The van der Waals surface area contributed by atoms with Crippen LogP contribution in [0.3, 0.4) is 0 Å². The molecule has 0 aromatic heterocycles. The lowest BCUT2D eigenvalue weighted by Crippen LogP contribution is -2.14. The van der Waals surface area contributed by atoms with Gasteiger partial charge in [-0.1, -0.05) is 23.9 Å². The number of benzene rings is 2. The summed E-state index contributed by atoms with van der Waals surface area (Å²) in [6.45, 7) is 2.13. The monoisotopic (exact) mass is 303 g/mol. The molecular weight excluding hydrogens is 282 g/mol. The third-order valence-electron chi connectivity index (χ3n) is 3.38. The molecule has 0 bridgehead atoms. The molecule has 3 nitrogen and oxygen atoms in total. The van der Waals surface area contributed by atoms with Gasteiger partial charge in [0.2, 0.25) is 0 Å². The molecule has 0 spiro atoms.